The number of carboxylic acids is 1. The zero-order valence-corrected chi connectivity index (χ0v) is 11.2. The first-order valence-corrected chi connectivity index (χ1v) is 6.61. The van der Waals surface area contributed by atoms with Gasteiger partial charge in [0.15, 0.2) is 0 Å². The van der Waals surface area contributed by atoms with Crippen LogP contribution in [0, 0.1) is 24.6 Å². The molecule has 2 bridgehead atoms. The fraction of sp³-hybridized carbons (Fsp3) is 0.333. The molecule has 0 spiro atoms. The molecule has 1 amide bonds. The molecule has 110 valence electrons. The Balaban J connectivity index is 1.83. The Morgan fingerprint density at radius 3 is 2.57 bits per heavy atom. The van der Waals surface area contributed by atoms with Gasteiger partial charge in [-0.2, -0.15) is 0 Å². The van der Waals surface area contributed by atoms with Gasteiger partial charge in [-0.05, 0) is 24.6 Å². The summed E-state index contributed by atoms with van der Waals surface area (Å²) in [5.41, 5.74) is 0.849. The van der Waals surface area contributed by atoms with Crippen molar-refractivity contribution >= 4 is 17.6 Å². The number of ether oxygens (including phenoxy) is 1. The number of halogens is 1. The normalized spacial score (nSPS) is 29.6. The van der Waals surface area contributed by atoms with Gasteiger partial charge in [-0.25, -0.2) is 4.39 Å². The van der Waals surface area contributed by atoms with Crippen molar-refractivity contribution in [1.82, 2.24) is 0 Å². The molecule has 1 aromatic carbocycles. The Morgan fingerprint density at radius 1 is 1.24 bits per heavy atom. The zero-order chi connectivity index (χ0) is 15.1. The minimum Gasteiger partial charge on any atom is -0.481 e. The summed E-state index contributed by atoms with van der Waals surface area (Å²) in [5.74, 6) is -3.97. The largest absolute Gasteiger partial charge is 0.481 e. The molecule has 1 fully saturated rings. The fourth-order valence-corrected chi connectivity index (χ4v) is 2.87. The Labute approximate surface area is 120 Å². The Kier molecular flexibility index (Phi) is 3.25. The highest BCUT2D eigenvalue weighted by Gasteiger charge is 2.53. The number of aliphatic carboxylic acids is 1. The van der Waals surface area contributed by atoms with Gasteiger partial charge in [-0.1, -0.05) is 18.2 Å². The first kappa shape index (κ1) is 13.8. The lowest BCUT2D eigenvalue weighted by Crippen LogP contribution is -2.39. The van der Waals surface area contributed by atoms with Gasteiger partial charge in [0.1, 0.15) is 11.7 Å². The van der Waals surface area contributed by atoms with Crippen LogP contribution in [0.2, 0.25) is 0 Å². The maximum absolute atomic E-state index is 13.7. The van der Waals surface area contributed by atoms with Crippen LogP contribution in [0.15, 0.2) is 30.4 Å². The quantitative estimate of drug-likeness (QED) is 0.832. The first-order valence-electron chi connectivity index (χ1n) is 6.61. The van der Waals surface area contributed by atoms with Crippen molar-refractivity contribution in [2.75, 3.05) is 5.32 Å². The van der Waals surface area contributed by atoms with E-state index in [4.69, 9.17) is 4.74 Å². The third kappa shape index (κ3) is 2.31. The maximum Gasteiger partial charge on any atom is 0.310 e. The van der Waals surface area contributed by atoms with Gasteiger partial charge in [0.2, 0.25) is 5.91 Å². The molecule has 0 aromatic heterocycles. The Bertz CT molecular complexity index is 643. The summed E-state index contributed by atoms with van der Waals surface area (Å²) in [7, 11) is 0. The Morgan fingerprint density at radius 2 is 1.90 bits per heavy atom. The Hall–Kier alpha value is -2.21. The molecule has 3 rings (SSSR count). The topological polar surface area (TPSA) is 75.6 Å². The predicted octanol–water partition coefficient (Wildman–Crippen LogP) is 1.73. The molecular weight excluding hydrogens is 277 g/mol. The molecule has 2 N–H and O–H groups in total. The van der Waals surface area contributed by atoms with Crippen LogP contribution < -0.4 is 5.32 Å². The van der Waals surface area contributed by atoms with Crippen LogP contribution in [0.4, 0.5) is 10.1 Å². The number of carbonyl (C=O) groups is 2. The number of carbonyl (C=O) groups excluding carboxylic acids is 1. The zero-order valence-electron chi connectivity index (χ0n) is 11.2. The predicted molar refractivity (Wildman–Crippen MR) is 72.2 cm³/mol. The van der Waals surface area contributed by atoms with Crippen molar-refractivity contribution in [3.8, 4) is 0 Å². The average Bonchev–Trinajstić information content (AvgIpc) is 3.03. The minimum atomic E-state index is -1.09. The second-order valence-corrected chi connectivity index (χ2v) is 5.31. The fourth-order valence-electron chi connectivity index (χ4n) is 2.87. The van der Waals surface area contributed by atoms with Gasteiger partial charge in [-0.3, -0.25) is 9.59 Å². The van der Waals surface area contributed by atoms with E-state index in [2.05, 4.69) is 5.32 Å². The highest BCUT2D eigenvalue weighted by Crippen LogP contribution is 2.40. The van der Waals surface area contributed by atoms with Crippen molar-refractivity contribution in [1.29, 1.82) is 0 Å². The van der Waals surface area contributed by atoms with Crippen molar-refractivity contribution < 1.29 is 23.8 Å². The number of hydrogen-bond acceptors (Lipinski definition) is 3. The number of hydrogen-bond donors (Lipinski definition) is 2. The second kappa shape index (κ2) is 4.96. The van der Waals surface area contributed by atoms with Crippen molar-refractivity contribution in [3.63, 3.8) is 0 Å². The number of benzene rings is 1. The monoisotopic (exact) mass is 291 g/mol. The van der Waals surface area contributed by atoms with Crippen molar-refractivity contribution in [2.24, 2.45) is 11.8 Å². The molecule has 1 saturated heterocycles. The lowest BCUT2D eigenvalue weighted by Gasteiger charge is -2.21. The number of nitrogens with one attached hydrogen (secondary N) is 1. The van der Waals surface area contributed by atoms with Gasteiger partial charge in [0.25, 0.3) is 0 Å². The number of aryl methyl sites for hydroxylation is 1. The number of carboxylic acid groups (broad SMARTS) is 1. The molecule has 2 heterocycles. The van der Waals surface area contributed by atoms with E-state index < -0.39 is 41.7 Å². The SMILES string of the molecule is Cc1ccc(F)c(NC(=O)[C@@H]2[C@H](C(=O)O)[C@H]3C=C[C@H]2O3)c1. The first-order chi connectivity index (χ1) is 9.97. The van der Waals surface area contributed by atoms with E-state index in [9.17, 15) is 19.1 Å². The lowest BCUT2D eigenvalue weighted by atomic mass is 9.82. The number of amides is 1. The van der Waals surface area contributed by atoms with E-state index in [0.29, 0.717) is 0 Å². The molecule has 1 aromatic rings. The molecule has 6 heteroatoms. The van der Waals surface area contributed by atoms with Crippen molar-refractivity contribution in [3.05, 3.63) is 41.7 Å². The van der Waals surface area contributed by atoms with Gasteiger partial charge < -0.3 is 15.2 Å². The third-order valence-corrected chi connectivity index (χ3v) is 3.87. The van der Waals surface area contributed by atoms with E-state index >= 15 is 0 Å². The molecule has 2 aliphatic heterocycles. The summed E-state index contributed by atoms with van der Waals surface area (Å²) >= 11 is 0. The van der Waals surface area contributed by atoms with Crippen LogP contribution in [-0.2, 0) is 14.3 Å². The van der Waals surface area contributed by atoms with Crippen LogP contribution in [0.3, 0.4) is 0 Å². The van der Waals surface area contributed by atoms with Crippen LogP contribution >= 0.6 is 0 Å². The number of anilines is 1. The summed E-state index contributed by atoms with van der Waals surface area (Å²) in [5, 5.41) is 11.7. The summed E-state index contributed by atoms with van der Waals surface area (Å²) in [6.07, 6.45) is 2.18. The summed E-state index contributed by atoms with van der Waals surface area (Å²) < 4.78 is 19.1. The molecule has 0 radical (unpaired) electrons. The molecule has 5 nitrogen and oxygen atoms in total. The summed E-state index contributed by atoms with van der Waals surface area (Å²) in [6.45, 7) is 1.78. The minimum absolute atomic E-state index is 0.0518. The molecule has 21 heavy (non-hydrogen) atoms. The lowest BCUT2D eigenvalue weighted by molar-refractivity contribution is -0.145. The van der Waals surface area contributed by atoms with E-state index in [1.165, 1.54) is 12.1 Å². The number of fused-ring (bicyclic) bond motifs is 2. The average molecular weight is 291 g/mol. The molecular formula is C15H14FNO4. The van der Waals surface area contributed by atoms with E-state index in [-0.39, 0.29) is 5.69 Å². The van der Waals surface area contributed by atoms with Crippen LogP contribution in [0.1, 0.15) is 5.56 Å². The van der Waals surface area contributed by atoms with Crippen LogP contribution in [0.5, 0.6) is 0 Å². The third-order valence-electron chi connectivity index (χ3n) is 3.87. The maximum atomic E-state index is 13.7. The smallest absolute Gasteiger partial charge is 0.310 e. The van der Waals surface area contributed by atoms with Crippen molar-refractivity contribution in [2.45, 2.75) is 19.1 Å². The van der Waals surface area contributed by atoms with E-state index in [1.54, 1.807) is 25.1 Å². The number of rotatable bonds is 3. The van der Waals surface area contributed by atoms with Gasteiger partial charge in [0, 0.05) is 0 Å². The van der Waals surface area contributed by atoms with E-state index in [1.807, 2.05) is 0 Å². The summed E-state index contributed by atoms with van der Waals surface area (Å²) in [4.78, 5) is 23.6. The van der Waals surface area contributed by atoms with Gasteiger partial charge in [0.05, 0.1) is 23.8 Å². The second-order valence-electron chi connectivity index (χ2n) is 5.31. The highest BCUT2D eigenvalue weighted by molar-refractivity contribution is 5.96. The van der Waals surface area contributed by atoms with Crippen LogP contribution in [-0.4, -0.2) is 29.2 Å². The molecule has 0 saturated carbocycles. The van der Waals surface area contributed by atoms with Crippen LogP contribution in [0.25, 0.3) is 0 Å². The van der Waals surface area contributed by atoms with E-state index in [0.717, 1.165) is 5.56 Å². The highest BCUT2D eigenvalue weighted by atomic mass is 19.1. The molecule has 0 aliphatic carbocycles. The standard InChI is InChI=1S/C15H14FNO4/c1-7-2-3-8(16)9(6-7)17-14(18)12-10-4-5-11(21-10)13(12)15(19)20/h2-6,10-13H,1H3,(H,17,18)(H,19,20)/t10-,11-,12+,13-/m1/s1. The molecule has 2 aliphatic rings. The molecule has 0 unspecified atom stereocenters. The molecule has 4 atom stereocenters. The van der Waals surface area contributed by atoms with Gasteiger partial charge in [-0.15, -0.1) is 0 Å². The van der Waals surface area contributed by atoms with Gasteiger partial charge >= 0.3 is 5.97 Å². The summed E-state index contributed by atoms with van der Waals surface area (Å²) in [6, 6.07) is 4.36.